The maximum atomic E-state index is 13.2. The first kappa shape index (κ1) is 22.0. The van der Waals surface area contributed by atoms with Crippen LogP contribution in [-0.4, -0.2) is 64.5 Å². The highest BCUT2D eigenvalue weighted by molar-refractivity contribution is 5.79. The monoisotopic (exact) mass is 445 g/mol. The van der Waals surface area contributed by atoms with E-state index in [1.165, 1.54) is 11.2 Å². The molecule has 6 heteroatoms. The molecule has 0 atom stereocenters. The first-order chi connectivity index (χ1) is 16.1. The molecule has 174 valence electrons. The molecule has 5 rings (SSSR count). The Kier molecular flexibility index (Phi) is 6.36. The molecule has 0 saturated carbocycles. The van der Waals surface area contributed by atoms with Gasteiger partial charge in [-0.15, -0.1) is 0 Å². The number of carbonyl (C=O) groups is 1. The van der Waals surface area contributed by atoms with Crippen LogP contribution in [0.4, 0.5) is 5.69 Å². The maximum absolute atomic E-state index is 13.2. The van der Waals surface area contributed by atoms with Gasteiger partial charge in [-0.25, -0.2) is 4.98 Å². The van der Waals surface area contributed by atoms with Gasteiger partial charge in [-0.1, -0.05) is 30.3 Å². The van der Waals surface area contributed by atoms with Crippen LogP contribution in [-0.2, 0) is 11.3 Å². The number of fused-ring (bicyclic) bond motifs is 1. The molecule has 2 aromatic carbocycles. The molecule has 1 aromatic heterocycles. The van der Waals surface area contributed by atoms with E-state index in [9.17, 15) is 4.79 Å². The number of benzene rings is 2. The molecule has 1 amide bonds. The molecule has 2 saturated heterocycles. The summed E-state index contributed by atoms with van der Waals surface area (Å²) < 4.78 is 2.36. The van der Waals surface area contributed by atoms with Gasteiger partial charge in [-0.3, -0.25) is 9.69 Å². The van der Waals surface area contributed by atoms with Gasteiger partial charge in [0.15, 0.2) is 0 Å². The van der Waals surface area contributed by atoms with E-state index in [-0.39, 0.29) is 5.92 Å². The van der Waals surface area contributed by atoms with E-state index in [2.05, 4.69) is 81.6 Å². The fourth-order valence-corrected chi connectivity index (χ4v) is 5.40. The first-order valence-electron chi connectivity index (χ1n) is 12.4. The van der Waals surface area contributed by atoms with Crippen molar-refractivity contribution in [2.45, 2.75) is 39.3 Å². The van der Waals surface area contributed by atoms with E-state index in [1.807, 2.05) is 6.07 Å². The zero-order valence-electron chi connectivity index (χ0n) is 19.9. The number of imidazole rings is 1. The minimum absolute atomic E-state index is 0.161. The Labute approximate surface area is 196 Å². The molecule has 0 unspecified atom stereocenters. The van der Waals surface area contributed by atoms with E-state index in [4.69, 9.17) is 4.98 Å². The highest BCUT2D eigenvalue weighted by atomic mass is 16.2. The Morgan fingerprint density at radius 3 is 2.27 bits per heavy atom. The van der Waals surface area contributed by atoms with Crippen molar-refractivity contribution in [3.63, 3.8) is 0 Å². The van der Waals surface area contributed by atoms with Gasteiger partial charge >= 0.3 is 0 Å². The number of anilines is 1. The van der Waals surface area contributed by atoms with Gasteiger partial charge in [-0.05, 0) is 64.0 Å². The number of amides is 1. The Hall–Kier alpha value is -2.86. The third kappa shape index (κ3) is 4.62. The Morgan fingerprint density at radius 1 is 0.909 bits per heavy atom. The number of nitrogens with zero attached hydrogens (tertiary/aromatic N) is 5. The molecule has 0 N–H and O–H groups in total. The van der Waals surface area contributed by atoms with E-state index >= 15 is 0 Å². The van der Waals surface area contributed by atoms with Gasteiger partial charge in [0.05, 0.1) is 17.6 Å². The van der Waals surface area contributed by atoms with E-state index in [0.717, 1.165) is 70.0 Å². The first-order valence-corrected chi connectivity index (χ1v) is 12.4. The van der Waals surface area contributed by atoms with Crippen molar-refractivity contribution in [2.75, 3.05) is 44.2 Å². The summed E-state index contributed by atoms with van der Waals surface area (Å²) in [6.07, 6.45) is 1.89. The van der Waals surface area contributed by atoms with Crippen LogP contribution < -0.4 is 4.90 Å². The molecular formula is C27H35N5O. The van der Waals surface area contributed by atoms with Crippen molar-refractivity contribution in [3.05, 3.63) is 60.4 Å². The lowest BCUT2D eigenvalue weighted by Gasteiger charge is -2.39. The van der Waals surface area contributed by atoms with Crippen LogP contribution in [0.15, 0.2) is 54.6 Å². The highest BCUT2D eigenvalue weighted by Gasteiger charge is 2.31. The summed E-state index contributed by atoms with van der Waals surface area (Å²) in [4.78, 5) is 25.1. The van der Waals surface area contributed by atoms with E-state index in [0.29, 0.717) is 11.9 Å². The lowest BCUT2D eigenvalue weighted by molar-refractivity contribution is -0.137. The summed E-state index contributed by atoms with van der Waals surface area (Å²) >= 11 is 0. The van der Waals surface area contributed by atoms with Crippen LogP contribution in [0.1, 0.15) is 38.6 Å². The van der Waals surface area contributed by atoms with Gasteiger partial charge in [0, 0.05) is 43.8 Å². The summed E-state index contributed by atoms with van der Waals surface area (Å²) in [5.74, 6) is 1.65. The Balaban J connectivity index is 1.15. The summed E-state index contributed by atoms with van der Waals surface area (Å²) in [7, 11) is 0. The standard InChI is InChI=1S/C27H35N5O/c1-21(2)32-25-11-7-6-10-24(25)28-26(32)20-29-14-12-22(13-15-29)27(33)31-18-16-30(17-19-31)23-8-4-3-5-9-23/h3-11,21-22H,12-20H2,1-2H3. The lowest BCUT2D eigenvalue weighted by atomic mass is 9.95. The van der Waals surface area contributed by atoms with Crippen LogP contribution in [0.5, 0.6) is 0 Å². The van der Waals surface area contributed by atoms with Gasteiger partial charge in [0.1, 0.15) is 5.82 Å². The maximum Gasteiger partial charge on any atom is 0.225 e. The molecule has 2 aliphatic rings. The van der Waals surface area contributed by atoms with Crippen molar-refractivity contribution in [1.82, 2.24) is 19.4 Å². The Bertz CT molecular complexity index is 1080. The molecule has 6 nitrogen and oxygen atoms in total. The average Bonchev–Trinajstić information content (AvgIpc) is 3.23. The summed E-state index contributed by atoms with van der Waals surface area (Å²) in [6.45, 7) is 10.7. The molecule has 2 fully saturated rings. The molecule has 3 heterocycles. The highest BCUT2D eigenvalue weighted by Crippen LogP contribution is 2.26. The number of hydrogen-bond acceptors (Lipinski definition) is 4. The Morgan fingerprint density at radius 2 is 1.58 bits per heavy atom. The predicted molar refractivity (Wildman–Crippen MR) is 133 cm³/mol. The fourth-order valence-electron chi connectivity index (χ4n) is 5.40. The average molecular weight is 446 g/mol. The number of likely N-dealkylation sites (tertiary alicyclic amines) is 1. The second kappa shape index (κ2) is 9.56. The third-order valence-corrected chi connectivity index (χ3v) is 7.20. The number of para-hydroxylation sites is 3. The van der Waals surface area contributed by atoms with Crippen LogP contribution in [0, 0.1) is 5.92 Å². The van der Waals surface area contributed by atoms with Gasteiger partial charge < -0.3 is 14.4 Å². The summed E-state index contributed by atoms with van der Waals surface area (Å²) in [5, 5.41) is 0. The molecule has 0 radical (unpaired) electrons. The summed E-state index contributed by atoms with van der Waals surface area (Å²) in [5.41, 5.74) is 3.54. The lowest BCUT2D eigenvalue weighted by Crippen LogP contribution is -2.51. The topological polar surface area (TPSA) is 44.6 Å². The molecule has 0 bridgehead atoms. The van der Waals surface area contributed by atoms with Crippen LogP contribution in [0.3, 0.4) is 0 Å². The van der Waals surface area contributed by atoms with Crippen molar-refractivity contribution in [2.24, 2.45) is 5.92 Å². The second-order valence-electron chi connectivity index (χ2n) is 9.68. The van der Waals surface area contributed by atoms with Crippen molar-refractivity contribution < 1.29 is 4.79 Å². The van der Waals surface area contributed by atoms with Crippen LogP contribution in [0.2, 0.25) is 0 Å². The molecule has 33 heavy (non-hydrogen) atoms. The van der Waals surface area contributed by atoms with Crippen molar-refractivity contribution in [3.8, 4) is 0 Å². The van der Waals surface area contributed by atoms with E-state index in [1.54, 1.807) is 0 Å². The molecular weight excluding hydrogens is 410 g/mol. The predicted octanol–water partition coefficient (Wildman–Crippen LogP) is 4.18. The molecule has 0 aliphatic carbocycles. The number of carbonyl (C=O) groups excluding carboxylic acids is 1. The zero-order chi connectivity index (χ0) is 22.8. The third-order valence-electron chi connectivity index (χ3n) is 7.20. The van der Waals surface area contributed by atoms with Gasteiger partial charge in [-0.2, -0.15) is 0 Å². The van der Waals surface area contributed by atoms with Gasteiger partial charge in [0.25, 0.3) is 0 Å². The number of aromatic nitrogens is 2. The van der Waals surface area contributed by atoms with Crippen LogP contribution in [0.25, 0.3) is 11.0 Å². The minimum atomic E-state index is 0.161. The smallest absolute Gasteiger partial charge is 0.225 e. The van der Waals surface area contributed by atoms with Crippen molar-refractivity contribution >= 4 is 22.6 Å². The molecule has 0 spiro atoms. The quantitative estimate of drug-likeness (QED) is 0.591. The minimum Gasteiger partial charge on any atom is -0.368 e. The SMILES string of the molecule is CC(C)n1c(CN2CCC(C(=O)N3CCN(c4ccccc4)CC3)CC2)nc2ccccc21. The number of rotatable bonds is 5. The zero-order valence-corrected chi connectivity index (χ0v) is 19.9. The molecule has 3 aromatic rings. The second-order valence-corrected chi connectivity index (χ2v) is 9.68. The molecule has 2 aliphatic heterocycles. The normalized spacial score (nSPS) is 18.4. The van der Waals surface area contributed by atoms with Crippen molar-refractivity contribution in [1.29, 1.82) is 0 Å². The number of piperazine rings is 1. The van der Waals surface area contributed by atoms with E-state index < -0.39 is 0 Å². The summed E-state index contributed by atoms with van der Waals surface area (Å²) in [6, 6.07) is 19.3. The largest absolute Gasteiger partial charge is 0.368 e. The number of hydrogen-bond donors (Lipinski definition) is 0. The van der Waals surface area contributed by atoms with Gasteiger partial charge in [0.2, 0.25) is 5.91 Å². The van der Waals surface area contributed by atoms with Crippen LogP contribution >= 0.6 is 0 Å². The number of piperidine rings is 1. The fraction of sp³-hybridized carbons (Fsp3) is 0.481.